The van der Waals surface area contributed by atoms with Gasteiger partial charge in [-0.15, -0.1) is 0 Å². The van der Waals surface area contributed by atoms with Crippen LogP contribution in [0.2, 0.25) is 0 Å². The third kappa shape index (κ3) is 12.3. The van der Waals surface area contributed by atoms with Gasteiger partial charge in [0.05, 0.1) is 33.1 Å². The second-order valence-corrected chi connectivity index (χ2v) is 33.4. The number of para-hydroxylation sites is 4. The number of aromatic nitrogens is 9. The topological polar surface area (TPSA) is 90.7 Å². The fourth-order valence-electron chi connectivity index (χ4n) is 19.5. The van der Waals surface area contributed by atoms with E-state index in [1.807, 2.05) is 6.07 Å². The monoisotopic (exact) mass is 1590 g/mol. The Morgan fingerprint density at radius 2 is 0.565 bits per heavy atom. The largest absolute Gasteiger partial charge is 0.316 e. The standard InChI is InChI=1S/C57H41N5.C56H40N6/c1-57(2)51-17-10-9-16-47(51)48-28-27-46(36-52(48)57)61(45-25-20-39(21-26-45)56-58-31-11-32-59-56)44-23-18-38(19-24-44)40-22-29-53-49(34-40)50-35-41-30-33-60(42-12-5-3-6-13-42)54(41)37-55(50)62(53)43-14-7-4-8-15-43;1-56(2)50-16-10-9-15-46(50)47-27-26-45(33-51(47)56)61(44-24-19-38(20-25-44)55-58-35-57-36-59-55)43-22-17-37(18-23-43)39-21-28-52-48(31-39)49-32-40-29-30-60(41-11-5-3-6-12-41)53(40)34-54(49)62(52)42-13-7-4-8-14-42/h3-37H,1-2H3;3-36H,1-2H3. The summed E-state index contributed by atoms with van der Waals surface area (Å²) in [7, 11) is 0. The van der Waals surface area contributed by atoms with Gasteiger partial charge in [0.15, 0.2) is 11.6 Å². The lowest BCUT2D eigenvalue weighted by Crippen LogP contribution is -2.16. The van der Waals surface area contributed by atoms with Gasteiger partial charge < -0.3 is 28.1 Å². The first-order chi connectivity index (χ1) is 61.0. The van der Waals surface area contributed by atoms with Gasteiger partial charge >= 0.3 is 0 Å². The molecule has 0 fully saturated rings. The molecule has 6 heterocycles. The lowest BCUT2D eigenvalue weighted by atomic mass is 9.82. The maximum absolute atomic E-state index is 4.50. The molecule has 16 aromatic carbocycles. The Bertz CT molecular complexity index is 7380. The van der Waals surface area contributed by atoms with E-state index in [-0.39, 0.29) is 10.8 Å². The Labute approximate surface area is 718 Å². The highest BCUT2D eigenvalue weighted by molar-refractivity contribution is 6.16. The second-order valence-electron chi connectivity index (χ2n) is 33.4. The molecule has 0 saturated carbocycles. The molecule has 588 valence electrons. The van der Waals surface area contributed by atoms with Crippen molar-refractivity contribution in [2.24, 2.45) is 0 Å². The Kier molecular flexibility index (Phi) is 17.3. The number of rotatable bonds is 14. The van der Waals surface area contributed by atoms with E-state index in [1.54, 1.807) is 12.4 Å². The minimum absolute atomic E-state index is 0.119. The van der Waals surface area contributed by atoms with Gasteiger partial charge in [0, 0.05) is 136 Å². The number of benzene rings is 16. The van der Waals surface area contributed by atoms with Gasteiger partial charge in [-0.25, -0.2) is 24.9 Å². The molecule has 2 aliphatic rings. The van der Waals surface area contributed by atoms with Gasteiger partial charge in [0.2, 0.25) is 0 Å². The highest BCUT2D eigenvalue weighted by Crippen LogP contribution is 2.54. The molecule has 0 aliphatic heterocycles. The van der Waals surface area contributed by atoms with Crippen molar-refractivity contribution in [1.82, 2.24) is 43.2 Å². The molecule has 2 aliphatic carbocycles. The summed E-state index contributed by atoms with van der Waals surface area (Å²) < 4.78 is 9.37. The zero-order valence-corrected chi connectivity index (χ0v) is 68.8. The third-order valence-corrected chi connectivity index (χ3v) is 25.6. The zero-order chi connectivity index (χ0) is 82.7. The second kappa shape index (κ2) is 29.4. The molecule has 0 spiro atoms. The van der Waals surface area contributed by atoms with Crippen LogP contribution in [0.3, 0.4) is 0 Å². The SMILES string of the molecule is CC1(C)c2ccccc2-c2ccc(N(c3ccc(-c4ccc5c(c4)c4cc6ccn(-c7ccccc7)c6cc4n5-c4ccccc4)cc3)c3ccc(-c4ncccn4)cc3)cc21.CC1(C)c2ccccc2-c2ccc(N(c3ccc(-c4ccc5c(c4)c4cc6ccn(-c7ccccc7)c6cc4n5-c4ccccc4)cc3)c3ccc(-c4ncncn4)cc3)cc21. The summed E-state index contributed by atoms with van der Waals surface area (Å²) in [6.45, 7) is 9.35. The van der Waals surface area contributed by atoms with E-state index in [2.05, 4.69) is 469 Å². The quantitative estimate of drug-likeness (QED) is 0.107. The summed E-state index contributed by atoms with van der Waals surface area (Å²) >= 11 is 0. The number of hydrogen-bond acceptors (Lipinski definition) is 7. The van der Waals surface area contributed by atoms with Gasteiger partial charge in [-0.2, -0.15) is 0 Å². The number of nitrogens with zero attached hydrogens (tertiary/aromatic N) is 11. The van der Waals surface area contributed by atoms with Gasteiger partial charge in [-0.3, -0.25) is 0 Å². The van der Waals surface area contributed by atoms with Crippen molar-refractivity contribution in [2.45, 2.75) is 38.5 Å². The third-order valence-electron chi connectivity index (χ3n) is 25.6. The van der Waals surface area contributed by atoms with E-state index in [0.29, 0.717) is 11.6 Å². The van der Waals surface area contributed by atoms with Crippen LogP contribution in [0.25, 0.3) is 155 Å². The van der Waals surface area contributed by atoms with Crippen LogP contribution in [0.5, 0.6) is 0 Å². The highest BCUT2D eigenvalue weighted by Gasteiger charge is 2.38. The summed E-state index contributed by atoms with van der Waals surface area (Å²) in [5.41, 5.74) is 35.1. The Hall–Kier alpha value is -16.1. The molecule has 0 radical (unpaired) electrons. The lowest BCUT2D eigenvalue weighted by molar-refractivity contribution is 0.660. The molecule has 24 rings (SSSR count). The zero-order valence-electron chi connectivity index (χ0n) is 68.8. The highest BCUT2D eigenvalue weighted by atomic mass is 15.2. The van der Waals surface area contributed by atoms with Crippen molar-refractivity contribution in [3.05, 3.63) is 442 Å². The molecule has 11 nitrogen and oxygen atoms in total. The van der Waals surface area contributed by atoms with Crippen LogP contribution in [0, 0.1) is 0 Å². The summed E-state index contributed by atoms with van der Waals surface area (Å²) in [4.78, 5) is 26.5. The van der Waals surface area contributed by atoms with Crippen molar-refractivity contribution < 1.29 is 0 Å². The maximum atomic E-state index is 4.50. The first-order valence-electron chi connectivity index (χ1n) is 42.3. The molecular formula is C113H81N11. The Morgan fingerprint density at radius 3 is 0.968 bits per heavy atom. The van der Waals surface area contributed by atoms with Gasteiger partial charge in [-0.1, -0.05) is 198 Å². The van der Waals surface area contributed by atoms with Crippen LogP contribution in [-0.4, -0.2) is 43.2 Å². The van der Waals surface area contributed by atoms with E-state index >= 15 is 0 Å². The maximum Gasteiger partial charge on any atom is 0.162 e. The summed E-state index contributed by atoms with van der Waals surface area (Å²) in [6, 6.07) is 139. The fraction of sp³-hybridized carbons (Fsp3) is 0.0531. The molecule has 0 bridgehead atoms. The normalized spacial score (nSPS) is 12.8. The van der Waals surface area contributed by atoms with E-state index in [4.69, 9.17) is 0 Å². The van der Waals surface area contributed by atoms with Crippen molar-refractivity contribution in [1.29, 1.82) is 0 Å². The Balaban J connectivity index is 0.000000143. The average molecular weight is 1590 g/mol. The minimum Gasteiger partial charge on any atom is -0.316 e. The van der Waals surface area contributed by atoms with Crippen LogP contribution in [-0.2, 0) is 10.8 Å². The van der Waals surface area contributed by atoms with Crippen LogP contribution in [0.4, 0.5) is 34.1 Å². The van der Waals surface area contributed by atoms with E-state index in [0.717, 1.165) is 79.1 Å². The predicted octanol–water partition coefficient (Wildman–Crippen LogP) is 28.7. The van der Waals surface area contributed by atoms with Crippen molar-refractivity contribution in [3.63, 3.8) is 0 Å². The number of anilines is 6. The number of hydrogen-bond donors (Lipinski definition) is 0. The number of fused-ring (bicyclic) bond motifs is 14. The van der Waals surface area contributed by atoms with E-state index < -0.39 is 0 Å². The first-order valence-corrected chi connectivity index (χ1v) is 42.3. The average Bonchev–Trinajstić information content (AvgIpc) is 1.58. The molecule has 124 heavy (non-hydrogen) atoms. The van der Waals surface area contributed by atoms with Crippen LogP contribution in [0.1, 0.15) is 49.9 Å². The molecule has 0 atom stereocenters. The first kappa shape index (κ1) is 73.1. The van der Waals surface area contributed by atoms with Crippen molar-refractivity contribution in [3.8, 4) is 90.0 Å². The predicted molar refractivity (Wildman–Crippen MR) is 510 cm³/mol. The van der Waals surface area contributed by atoms with Crippen LogP contribution >= 0.6 is 0 Å². The van der Waals surface area contributed by atoms with Crippen LogP contribution in [0.15, 0.2) is 420 Å². The molecule has 0 saturated heterocycles. The van der Waals surface area contributed by atoms with Crippen LogP contribution < -0.4 is 9.80 Å². The fourth-order valence-corrected chi connectivity index (χ4v) is 19.5. The minimum atomic E-state index is -0.125. The van der Waals surface area contributed by atoms with E-state index in [9.17, 15) is 0 Å². The molecule has 0 amide bonds. The summed E-state index contributed by atoms with van der Waals surface area (Å²) in [6.07, 6.45) is 11.0. The summed E-state index contributed by atoms with van der Waals surface area (Å²) in [5, 5.41) is 7.34. The Morgan fingerprint density at radius 1 is 0.234 bits per heavy atom. The lowest BCUT2D eigenvalue weighted by Gasteiger charge is -2.28. The molecule has 0 unspecified atom stereocenters. The van der Waals surface area contributed by atoms with Gasteiger partial charge in [0.1, 0.15) is 12.7 Å². The molecular weight excluding hydrogens is 1510 g/mol. The molecule has 0 N–H and O–H groups in total. The van der Waals surface area contributed by atoms with Gasteiger partial charge in [0.25, 0.3) is 0 Å². The molecule has 6 aromatic heterocycles. The smallest absolute Gasteiger partial charge is 0.162 e. The molecule has 22 aromatic rings. The van der Waals surface area contributed by atoms with Crippen molar-refractivity contribution in [2.75, 3.05) is 9.80 Å². The van der Waals surface area contributed by atoms with Crippen molar-refractivity contribution >= 4 is 99.5 Å². The van der Waals surface area contributed by atoms with Gasteiger partial charge in [-0.05, 0) is 279 Å². The van der Waals surface area contributed by atoms with E-state index in [1.165, 1.54) is 134 Å². The molecule has 11 heteroatoms. The summed E-state index contributed by atoms with van der Waals surface area (Å²) in [5.74, 6) is 1.37.